The predicted molar refractivity (Wildman–Crippen MR) is 46.3 cm³/mol. The van der Waals surface area contributed by atoms with E-state index in [9.17, 15) is 4.79 Å². The Morgan fingerprint density at radius 1 is 1.83 bits per heavy atom. The average molecular weight is 170 g/mol. The van der Waals surface area contributed by atoms with Gasteiger partial charge in [-0.2, -0.15) is 0 Å². The van der Waals surface area contributed by atoms with Crippen molar-refractivity contribution in [1.29, 1.82) is 0 Å². The van der Waals surface area contributed by atoms with Crippen molar-refractivity contribution < 1.29 is 4.79 Å². The highest BCUT2D eigenvalue weighted by Gasteiger charge is 2.19. The molecule has 1 heterocycles. The minimum atomic E-state index is -0.521. The summed E-state index contributed by atoms with van der Waals surface area (Å²) in [6, 6.07) is -0.521. The van der Waals surface area contributed by atoms with Crippen LogP contribution in [0, 0.1) is 0 Å². The quantitative estimate of drug-likeness (QED) is 0.477. The molecule has 0 aromatic heterocycles. The lowest BCUT2D eigenvalue weighted by Gasteiger charge is -2.23. The molecule has 0 bridgehead atoms. The Labute approximate surface area is 71.6 Å². The van der Waals surface area contributed by atoms with Crippen molar-refractivity contribution in [2.45, 2.75) is 6.17 Å². The summed E-state index contributed by atoms with van der Waals surface area (Å²) in [5.74, 6) is 0. The average Bonchev–Trinajstić information content (AvgIpc) is 2.51. The third-order valence-electron chi connectivity index (χ3n) is 1.80. The molecule has 1 aliphatic rings. The number of hydrogen-bond acceptors (Lipinski definition) is 3. The second kappa shape index (κ2) is 4.08. The van der Waals surface area contributed by atoms with Crippen molar-refractivity contribution in [2.75, 3.05) is 19.8 Å². The van der Waals surface area contributed by atoms with Crippen LogP contribution in [0.1, 0.15) is 0 Å². The van der Waals surface area contributed by atoms with Crippen LogP contribution in [0.3, 0.4) is 0 Å². The van der Waals surface area contributed by atoms with Crippen LogP contribution in [0.2, 0.25) is 0 Å². The Morgan fingerprint density at radius 2 is 2.58 bits per heavy atom. The van der Waals surface area contributed by atoms with E-state index in [0.29, 0.717) is 0 Å². The first-order chi connectivity index (χ1) is 5.74. The molecule has 1 aliphatic heterocycles. The van der Waals surface area contributed by atoms with Crippen molar-refractivity contribution in [2.24, 2.45) is 5.73 Å². The first-order valence-electron chi connectivity index (χ1n) is 3.87. The van der Waals surface area contributed by atoms with Gasteiger partial charge in [0.15, 0.2) is 0 Å². The third kappa shape index (κ3) is 2.21. The van der Waals surface area contributed by atoms with Gasteiger partial charge in [0.1, 0.15) is 6.17 Å². The predicted octanol–water partition coefficient (Wildman–Crippen LogP) is -0.970. The van der Waals surface area contributed by atoms with Crippen LogP contribution in [0.4, 0.5) is 4.79 Å². The van der Waals surface area contributed by atoms with Gasteiger partial charge in [0.05, 0.1) is 6.67 Å². The molecule has 1 rings (SSSR count). The third-order valence-corrected chi connectivity index (χ3v) is 1.80. The van der Waals surface area contributed by atoms with Gasteiger partial charge in [0.25, 0.3) is 0 Å². The Hall–Kier alpha value is -1.07. The molecule has 0 saturated carbocycles. The SMILES string of the molecule is C=CC(NC(N)=O)N1CCNC1. The number of rotatable bonds is 3. The summed E-state index contributed by atoms with van der Waals surface area (Å²) in [7, 11) is 0. The second-order valence-corrected chi connectivity index (χ2v) is 2.66. The highest BCUT2D eigenvalue weighted by Crippen LogP contribution is 1.99. The minimum Gasteiger partial charge on any atom is -0.352 e. The van der Waals surface area contributed by atoms with Gasteiger partial charge in [-0.3, -0.25) is 4.90 Å². The summed E-state index contributed by atoms with van der Waals surface area (Å²) in [4.78, 5) is 12.6. The van der Waals surface area contributed by atoms with Crippen molar-refractivity contribution in [3.63, 3.8) is 0 Å². The summed E-state index contributed by atoms with van der Waals surface area (Å²) >= 11 is 0. The number of nitrogens with one attached hydrogen (secondary N) is 2. The van der Waals surface area contributed by atoms with Gasteiger partial charge in [0.2, 0.25) is 0 Å². The van der Waals surface area contributed by atoms with E-state index >= 15 is 0 Å². The molecule has 4 N–H and O–H groups in total. The van der Waals surface area contributed by atoms with Crippen molar-refractivity contribution in [3.05, 3.63) is 12.7 Å². The van der Waals surface area contributed by atoms with Crippen LogP contribution >= 0.6 is 0 Å². The fourth-order valence-electron chi connectivity index (χ4n) is 1.21. The largest absolute Gasteiger partial charge is 0.352 e. The van der Waals surface area contributed by atoms with E-state index in [2.05, 4.69) is 17.2 Å². The molecule has 1 fully saturated rings. The zero-order valence-corrected chi connectivity index (χ0v) is 6.92. The maximum atomic E-state index is 10.5. The minimum absolute atomic E-state index is 0.155. The molecule has 0 aromatic rings. The summed E-state index contributed by atoms with van der Waals surface area (Å²) in [5.41, 5.74) is 4.99. The Morgan fingerprint density at radius 3 is 3.00 bits per heavy atom. The number of nitrogens with two attached hydrogens (primary N) is 1. The van der Waals surface area contributed by atoms with Crippen LogP contribution in [0.15, 0.2) is 12.7 Å². The molecular weight excluding hydrogens is 156 g/mol. The number of hydrogen-bond donors (Lipinski definition) is 3. The summed E-state index contributed by atoms with van der Waals surface area (Å²) in [6.07, 6.45) is 1.51. The molecule has 1 saturated heterocycles. The molecule has 2 amide bonds. The molecule has 1 atom stereocenters. The molecule has 5 nitrogen and oxygen atoms in total. The fourth-order valence-corrected chi connectivity index (χ4v) is 1.21. The normalized spacial score (nSPS) is 20.3. The van der Waals surface area contributed by atoms with E-state index in [1.807, 2.05) is 4.90 Å². The van der Waals surface area contributed by atoms with Gasteiger partial charge in [-0.15, -0.1) is 0 Å². The lowest BCUT2D eigenvalue weighted by Crippen LogP contribution is -2.48. The van der Waals surface area contributed by atoms with Gasteiger partial charge in [-0.25, -0.2) is 4.79 Å². The van der Waals surface area contributed by atoms with Gasteiger partial charge >= 0.3 is 6.03 Å². The van der Waals surface area contributed by atoms with E-state index in [0.717, 1.165) is 19.8 Å². The smallest absolute Gasteiger partial charge is 0.313 e. The van der Waals surface area contributed by atoms with E-state index < -0.39 is 6.03 Å². The summed E-state index contributed by atoms with van der Waals surface area (Å²) in [5, 5.41) is 5.72. The second-order valence-electron chi connectivity index (χ2n) is 2.66. The zero-order valence-electron chi connectivity index (χ0n) is 6.92. The van der Waals surface area contributed by atoms with Crippen LogP contribution in [-0.2, 0) is 0 Å². The number of carbonyl (C=O) groups is 1. The maximum absolute atomic E-state index is 10.5. The molecule has 68 valence electrons. The first kappa shape index (κ1) is 9.02. The van der Waals surface area contributed by atoms with Crippen molar-refractivity contribution >= 4 is 6.03 Å². The molecular formula is C7H14N4O. The van der Waals surface area contributed by atoms with Gasteiger partial charge in [-0.05, 0) is 0 Å². The molecule has 1 unspecified atom stereocenters. The Kier molecular flexibility index (Phi) is 3.07. The summed E-state index contributed by atoms with van der Waals surface area (Å²) in [6.45, 7) is 6.21. The van der Waals surface area contributed by atoms with Crippen LogP contribution in [0.5, 0.6) is 0 Å². The van der Waals surface area contributed by atoms with Crippen LogP contribution < -0.4 is 16.4 Å². The van der Waals surface area contributed by atoms with Crippen molar-refractivity contribution in [3.8, 4) is 0 Å². The lowest BCUT2D eigenvalue weighted by atomic mass is 10.4. The molecule has 12 heavy (non-hydrogen) atoms. The number of nitrogens with zero attached hydrogens (tertiary/aromatic N) is 1. The molecule has 0 aromatic carbocycles. The highest BCUT2D eigenvalue weighted by atomic mass is 16.2. The highest BCUT2D eigenvalue weighted by molar-refractivity contribution is 5.72. The Balaban J connectivity index is 2.42. The van der Waals surface area contributed by atoms with Gasteiger partial charge < -0.3 is 16.4 Å². The standard InChI is InChI=1S/C7H14N4O/c1-2-6(10-7(8)12)11-4-3-9-5-11/h2,6,9H,1,3-5H2,(H3,8,10,12). The van der Waals surface area contributed by atoms with Crippen LogP contribution in [0.25, 0.3) is 0 Å². The molecule has 0 radical (unpaired) electrons. The van der Waals surface area contributed by atoms with Gasteiger partial charge in [-0.1, -0.05) is 12.7 Å². The molecule has 0 spiro atoms. The van der Waals surface area contributed by atoms with E-state index in [-0.39, 0.29) is 6.17 Å². The number of carbonyl (C=O) groups excluding carboxylic acids is 1. The van der Waals surface area contributed by atoms with Crippen molar-refractivity contribution in [1.82, 2.24) is 15.5 Å². The molecule has 5 heteroatoms. The number of primary amides is 1. The van der Waals surface area contributed by atoms with E-state index in [4.69, 9.17) is 5.73 Å². The number of urea groups is 1. The topological polar surface area (TPSA) is 70.4 Å². The van der Waals surface area contributed by atoms with Gasteiger partial charge in [0, 0.05) is 13.1 Å². The number of amides is 2. The Bertz CT molecular complexity index is 176. The maximum Gasteiger partial charge on any atom is 0.313 e. The van der Waals surface area contributed by atoms with E-state index in [1.165, 1.54) is 0 Å². The summed E-state index contributed by atoms with van der Waals surface area (Å²) < 4.78 is 0. The van der Waals surface area contributed by atoms with Crippen LogP contribution in [-0.4, -0.2) is 36.9 Å². The molecule has 0 aliphatic carbocycles. The first-order valence-corrected chi connectivity index (χ1v) is 3.87. The van der Waals surface area contributed by atoms with E-state index in [1.54, 1.807) is 6.08 Å². The zero-order chi connectivity index (χ0) is 8.97. The monoisotopic (exact) mass is 170 g/mol. The fraction of sp³-hybridized carbons (Fsp3) is 0.571. The lowest BCUT2D eigenvalue weighted by molar-refractivity contribution is 0.218.